The van der Waals surface area contributed by atoms with Crippen molar-refractivity contribution < 1.29 is 23.1 Å². The van der Waals surface area contributed by atoms with Crippen LogP contribution < -0.4 is 9.62 Å². The summed E-state index contributed by atoms with van der Waals surface area (Å²) in [6.45, 7) is 2.33. The fourth-order valence-electron chi connectivity index (χ4n) is 5.27. The summed E-state index contributed by atoms with van der Waals surface area (Å²) in [6.07, 6.45) is 1.38. The number of unbranched alkanes of at least 4 members (excludes halogenated alkanes) is 3. The van der Waals surface area contributed by atoms with E-state index in [1.807, 2.05) is 43.3 Å². The fraction of sp³-hybridized carbons (Fsp3) is 0.294. The van der Waals surface area contributed by atoms with Gasteiger partial charge in [0.05, 0.1) is 22.8 Å². The van der Waals surface area contributed by atoms with E-state index in [2.05, 4.69) is 4.72 Å². The number of aryl methyl sites for hydroxylation is 1. The molecule has 2 amide bonds. The van der Waals surface area contributed by atoms with Crippen LogP contribution in [0.5, 0.6) is 0 Å². The maximum atomic E-state index is 13.1. The predicted octanol–water partition coefficient (Wildman–Crippen LogP) is 5.62. The van der Waals surface area contributed by atoms with E-state index in [-0.39, 0.29) is 18.6 Å². The summed E-state index contributed by atoms with van der Waals surface area (Å²) in [5.41, 5.74) is 5.19. The van der Waals surface area contributed by atoms with Gasteiger partial charge in [-0.15, -0.1) is 0 Å². The van der Waals surface area contributed by atoms with Gasteiger partial charge in [-0.2, -0.15) is 0 Å². The molecule has 4 aromatic rings. The van der Waals surface area contributed by atoms with E-state index >= 15 is 0 Å². The summed E-state index contributed by atoms with van der Waals surface area (Å²) < 4.78 is 26.8. The van der Waals surface area contributed by atoms with Gasteiger partial charge in [-0.1, -0.05) is 96.7 Å². The molecule has 1 atom stereocenters. The van der Waals surface area contributed by atoms with Gasteiger partial charge in [0.1, 0.15) is 6.10 Å². The van der Waals surface area contributed by atoms with Gasteiger partial charge in [0.25, 0.3) is 5.91 Å². The minimum absolute atomic E-state index is 0.0692. The smallest absolute Gasteiger partial charge is 0.257 e. The Bertz CT molecular complexity index is 1770. The second kappa shape index (κ2) is 14.3. The third kappa shape index (κ3) is 8.33. The third-order valence-electron chi connectivity index (χ3n) is 7.59. The molecule has 1 aliphatic rings. The number of fused-ring (bicyclic) bond motifs is 1. The highest BCUT2D eigenvalue weighted by Crippen LogP contribution is 2.35. The predicted molar refractivity (Wildman–Crippen MR) is 175 cm³/mol. The normalized spacial score (nSPS) is 14.7. The van der Waals surface area contributed by atoms with Crippen LogP contribution in [0.3, 0.4) is 0 Å². The van der Waals surface area contributed by atoms with Gasteiger partial charge in [-0.25, -0.2) is 18.4 Å². The van der Waals surface area contributed by atoms with Crippen molar-refractivity contribution in [2.24, 2.45) is 0 Å². The molecule has 3 aromatic carbocycles. The minimum atomic E-state index is -3.77. The number of carbonyl (C=O) groups is 2. The number of sulfonamides is 1. The van der Waals surface area contributed by atoms with Gasteiger partial charge in [-0.05, 0) is 37.5 Å². The van der Waals surface area contributed by atoms with Crippen LogP contribution in [-0.2, 0) is 31.8 Å². The van der Waals surface area contributed by atoms with E-state index in [0.29, 0.717) is 65.7 Å². The monoisotopic (exact) mass is 646 g/mol. The maximum Gasteiger partial charge on any atom is 0.257 e. The van der Waals surface area contributed by atoms with Crippen molar-refractivity contribution in [3.63, 3.8) is 0 Å². The molecule has 0 saturated carbocycles. The van der Waals surface area contributed by atoms with Gasteiger partial charge in [-0.3, -0.25) is 19.2 Å². The van der Waals surface area contributed by atoms with Gasteiger partial charge < -0.3 is 5.11 Å². The summed E-state index contributed by atoms with van der Waals surface area (Å²) in [5.74, 6) is -0.797. The molecule has 1 aliphatic heterocycles. The summed E-state index contributed by atoms with van der Waals surface area (Å²) in [7, 11) is -3.77. The molecule has 2 N–H and O–H groups in total. The Kier molecular flexibility index (Phi) is 10.3. The summed E-state index contributed by atoms with van der Waals surface area (Å²) in [5, 5.41) is 11.2. The quantitative estimate of drug-likeness (QED) is 0.191. The number of aliphatic hydroxyl groups is 1. The van der Waals surface area contributed by atoms with Crippen LogP contribution in [0.1, 0.15) is 48.9 Å². The van der Waals surface area contributed by atoms with Gasteiger partial charge >= 0.3 is 0 Å². The lowest BCUT2D eigenvalue weighted by atomic mass is 10.0. The Balaban J connectivity index is 1.24. The Labute approximate surface area is 268 Å². The van der Waals surface area contributed by atoms with Crippen molar-refractivity contribution >= 4 is 39.3 Å². The molecule has 1 aromatic heterocycles. The first kappa shape index (κ1) is 32.3. The zero-order chi connectivity index (χ0) is 32.0. The number of hydrogen-bond donors (Lipinski definition) is 2. The fourth-order valence-corrected chi connectivity index (χ4v) is 6.55. The Morgan fingerprint density at radius 2 is 1.53 bits per heavy atom. The number of nitrogens with one attached hydrogen (secondary N) is 1. The largest absolute Gasteiger partial charge is 0.383 e. The van der Waals surface area contributed by atoms with Gasteiger partial charge in [0.15, 0.2) is 5.82 Å². The lowest BCUT2D eigenvalue weighted by Crippen LogP contribution is -2.46. The average Bonchev–Trinajstić information content (AvgIpc) is 3.01. The number of halogens is 1. The zero-order valence-electron chi connectivity index (χ0n) is 24.9. The molecule has 0 saturated heterocycles. The molecule has 234 valence electrons. The first-order chi connectivity index (χ1) is 21.6. The van der Waals surface area contributed by atoms with Crippen LogP contribution >= 0.6 is 11.6 Å². The van der Waals surface area contributed by atoms with Crippen molar-refractivity contribution in [2.45, 2.75) is 57.3 Å². The van der Waals surface area contributed by atoms with E-state index in [9.17, 15) is 23.1 Å². The SMILES string of the molecule is Cc1ccc(-c2nc3c(nc2-c2ccc(Cl)cc2)N(CCCCCCC(=O)NS(=O)(=O)Cc2ccccc2)C(=O)C(O)C3)cc1. The number of aliphatic hydroxyl groups excluding tert-OH is 1. The second-order valence-corrected chi connectivity index (χ2v) is 13.4. The molecule has 45 heavy (non-hydrogen) atoms. The molecule has 0 bridgehead atoms. The molecular weight excluding hydrogens is 612 g/mol. The Morgan fingerprint density at radius 3 is 2.22 bits per heavy atom. The van der Waals surface area contributed by atoms with Crippen LogP contribution in [0.4, 0.5) is 5.82 Å². The van der Waals surface area contributed by atoms with Crippen molar-refractivity contribution in [3.8, 4) is 22.5 Å². The number of rotatable bonds is 12. The topological polar surface area (TPSA) is 130 Å². The van der Waals surface area contributed by atoms with E-state index in [0.717, 1.165) is 16.7 Å². The number of benzene rings is 3. The molecule has 2 heterocycles. The minimum Gasteiger partial charge on any atom is -0.383 e. The summed E-state index contributed by atoms with van der Waals surface area (Å²) >= 11 is 6.15. The molecule has 9 nitrogen and oxygen atoms in total. The van der Waals surface area contributed by atoms with Crippen LogP contribution in [0.25, 0.3) is 22.5 Å². The van der Waals surface area contributed by atoms with Gasteiger partial charge in [0.2, 0.25) is 15.9 Å². The number of carbonyl (C=O) groups excluding carboxylic acids is 2. The van der Waals surface area contributed by atoms with Crippen LogP contribution in [0.2, 0.25) is 5.02 Å². The maximum absolute atomic E-state index is 13.1. The molecule has 5 rings (SSSR count). The van der Waals surface area contributed by atoms with E-state index in [1.54, 1.807) is 42.5 Å². The van der Waals surface area contributed by atoms with Crippen molar-refractivity contribution in [3.05, 3.63) is 101 Å². The number of anilines is 1. The van der Waals surface area contributed by atoms with Crippen molar-refractivity contribution in [2.75, 3.05) is 11.4 Å². The number of amides is 2. The molecule has 11 heteroatoms. The Morgan fingerprint density at radius 1 is 0.911 bits per heavy atom. The van der Waals surface area contributed by atoms with Crippen LogP contribution in [0, 0.1) is 6.92 Å². The van der Waals surface area contributed by atoms with E-state index in [4.69, 9.17) is 21.6 Å². The van der Waals surface area contributed by atoms with Crippen LogP contribution in [0.15, 0.2) is 78.9 Å². The molecule has 0 fully saturated rings. The molecule has 0 aliphatic carbocycles. The highest BCUT2D eigenvalue weighted by Gasteiger charge is 2.34. The lowest BCUT2D eigenvalue weighted by molar-refractivity contribution is -0.127. The number of nitrogens with zero attached hydrogens (tertiary/aromatic N) is 3. The highest BCUT2D eigenvalue weighted by molar-refractivity contribution is 7.89. The molecule has 0 radical (unpaired) electrons. The average molecular weight is 647 g/mol. The third-order valence-corrected chi connectivity index (χ3v) is 9.09. The number of hydrogen-bond acceptors (Lipinski definition) is 7. The highest BCUT2D eigenvalue weighted by atomic mass is 35.5. The van der Waals surface area contributed by atoms with Crippen molar-refractivity contribution in [1.82, 2.24) is 14.7 Å². The first-order valence-electron chi connectivity index (χ1n) is 14.9. The van der Waals surface area contributed by atoms with Gasteiger partial charge in [0, 0.05) is 35.5 Å². The van der Waals surface area contributed by atoms with Crippen LogP contribution in [-0.4, -0.2) is 48.0 Å². The first-order valence-corrected chi connectivity index (χ1v) is 16.9. The second-order valence-electron chi connectivity index (χ2n) is 11.2. The Hall–Kier alpha value is -4.12. The molecular formula is C34H35ClN4O5S. The standard InChI is InChI=1S/C34H35ClN4O5S/c1-23-12-14-25(15-13-23)31-32(26-16-18-27(35)19-17-26)37-33-28(36-31)21-29(40)34(42)39(33)20-8-3-2-7-11-30(41)38-45(43,44)22-24-9-5-4-6-10-24/h4-6,9-10,12-19,29,40H,2-3,7-8,11,20-22H2,1H3,(H,38,41). The summed E-state index contributed by atoms with van der Waals surface area (Å²) in [6, 6.07) is 23.9. The molecule has 1 unspecified atom stereocenters. The number of aromatic nitrogens is 2. The summed E-state index contributed by atoms with van der Waals surface area (Å²) in [4.78, 5) is 36.8. The van der Waals surface area contributed by atoms with Crippen molar-refractivity contribution in [1.29, 1.82) is 0 Å². The lowest BCUT2D eigenvalue weighted by Gasteiger charge is -2.31. The zero-order valence-corrected chi connectivity index (χ0v) is 26.5. The molecule has 0 spiro atoms. The van der Waals surface area contributed by atoms with E-state index < -0.39 is 27.9 Å². The van der Waals surface area contributed by atoms with E-state index in [1.165, 1.54) is 4.90 Å².